The summed E-state index contributed by atoms with van der Waals surface area (Å²) in [6, 6.07) is 0. The van der Waals surface area contributed by atoms with Crippen molar-refractivity contribution in [1.29, 1.82) is 0 Å². The molecule has 0 radical (unpaired) electrons. The van der Waals surface area contributed by atoms with Crippen LogP contribution in [0.3, 0.4) is 0 Å². The summed E-state index contributed by atoms with van der Waals surface area (Å²) < 4.78 is 32.6. The molecule has 0 aliphatic heterocycles. The number of unbranched alkanes of at least 4 members (excludes halogenated alkanes) is 19. The zero-order valence-corrected chi connectivity index (χ0v) is 34.4. The van der Waals surface area contributed by atoms with Crippen LogP contribution in [0.1, 0.15) is 181 Å². The third kappa shape index (κ3) is 38.3. The molecule has 0 saturated carbocycles. The average Bonchev–Trinajstić information content (AvgIpc) is 3.14. The molecule has 0 aromatic heterocycles. The van der Waals surface area contributed by atoms with E-state index in [9.17, 15) is 24.2 Å². The molecule has 53 heavy (non-hydrogen) atoms. The van der Waals surface area contributed by atoms with E-state index < -0.39 is 51.8 Å². The minimum atomic E-state index is -4.62. The molecule has 0 heterocycles. The van der Waals surface area contributed by atoms with Crippen LogP contribution in [0.25, 0.3) is 0 Å². The molecular formula is C42H77O10P. The predicted octanol–water partition coefficient (Wildman–Crippen LogP) is 10.8. The summed E-state index contributed by atoms with van der Waals surface area (Å²) in [5.74, 6) is -0.966. The number of aliphatic hydroxyl groups excluding tert-OH is 2. The van der Waals surface area contributed by atoms with Gasteiger partial charge in [0.1, 0.15) is 12.7 Å². The molecule has 0 fully saturated rings. The molecule has 0 saturated heterocycles. The smallest absolute Gasteiger partial charge is 0.462 e. The molecule has 0 aromatic carbocycles. The standard InChI is InChI=1S/C42H77O10P/c1-3-5-7-9-11-13-15-17-19-21-23-25-27-29-31-33-41(45)49-37-40(38-51-53(47,48)50-36-39(44)35-43)52-42(46)34-32-30-28-26-24-22-20-18-16-14-12-10-8-6-4-2/h11,13,17,19,23,25,39-40,43-44H,3-10,12,14-16,18,20-22,24,26-38H2,1-2H3,(H,47,48)/b13-11+,19-17+,25-23+/t39-,40+/m0/s1. The summed E-state index contributed by atoms with van der Waals surface area (Å²) in [5, 5.41) is 18.3. The molecule has 0 aromatic rings. The summed E-state index contributed by atoms with van der Waals surface area (Å²) in [6.45, 7) is 2.31. The van der Waals surface area contributed by atoms with E-state index >= 15 is 0 Å². The molecular weight excluding hydrogens is 695 g/mol. The molecule has 3 atom stereocenters. The van der Waals surface area contributed by atoms with Crippen LogP contribution >= 0.6 is 7.82 Å². The van der Waals surface area contributed by atoms with Crippen molar-refractivity contribution in [2.45, 2.75) is 193 Å². The number of ether oxygens (including phenoxy) is 2. The first-order chi connectivity index (χ1) is 25.7. The molecule has 10 nitrogen and oxygen atoms in total. The van der Waals surface area contributed by atoms with Gasteiger partial charge in [-0.1, -0.05) is 153 Å². The van der Waals surface area contributed by atoms with Crippen LogP contribution in [0.15, 0.2) is 36.5 Å². The highest BCUT2D eigenvalue weighted by Gasteiger charge is 2.27. The number of allylic oxidation sites excluding steroid dienone is 6. The Balaban J connectivity index is 4.37. The minimum Gasteiger partial charge on any atom is -0.462 e. The maximum absolute atomic E-state index is 12.6. The van der Waals surface area contributed by atoms with E-state index in [-0.39, 0.29) is 19.4 Å². The number of hydrogen-bond donors (Lipinski definition) is 3. The zero-order valence-electron chi connectivity index (χ0n) is 33.5. The molecule has 0 amide bonds. The Morgan fingerprint density at radius 2 is 0.981 bits per heavy atom. The van der Waals surface area contributed by atoms with Gasteiger partial charge in [0.25, 0.3) is 0 Å². The summed E-state index contributed by atoms with van der Waals surface area (Å²) in [5.41, 5.74) is 0. The van der Waals surface area contributed by atoms with E-state index in [0.29, 0.717) is 12.8 Å². The molecule has 0 aliphatic carbocycles. The van der Waals surface area contributed by atoms with Gasteiger partial charge in [0.2, 0.25) is 0 Å². The van der Waals surface area contributed by atoms with Crippen molar-refractivity contribution in [2.75, 3.05) is 26.4 Å². The van der Waals surface area contributed by atoms with Crippen molar-refractivity contribution in [1.82, 2.24) is 0 Å². The van der Waals surface area contributed by atoms with E-state index in [0.717, 1.165) is 51.4 Å². The largest absolute Gasteiger partial charge is 0.472 e. The molecule has 1 unspecified atom stereocenters. The zero-order chi connectivity index (χ0) is 39.1. The number of esters is 2. The summed E-state index contributed by atoms with van der Waals surface area (Å²) in [6.07, 6.45) is 38.2. The lowest BCUT2D eigenvalue weighted by Gasteiger charge is -2.20. The van der Waals surface area contributed by atoms with Crippen molar-refractivity contribution in [3.05, 3.63) is 36.5 Å². The Bertz CT molecular complexity index is 983. The van der Waals surface area contributed by atoms with Gasteiger partial charge in [-0.05, 0) is 51.4 Å². The van der Waals surface area contributed by atoms with Crippen molar-refractivity contribution in [2.24, 2.45) is 0 Å². The second-order valence-corrected chi connectivity index (χ2v) is 15.5. The van der Waals surface area contributed by atoms with Crippen LogP contribution in [0.5, 0.6) is 0 Å². The van der Waals surface area contributed by atoms with Crippen LogP contribution in [0.2, 0.25) is 0 Å². The van der Waals surface area contributed by atoms with Gasteiger partial charge in [0, 0.05) is 12.8 Å². The monoisotopic (exact) mass is 773 g/mol. The first kappa shape index (κ1) is 51.2. The molecule has 0 aliphatic rings. The number of aliphatic hydroxyl groups is 2. The predicted molar refractivity (Wildman–Crippen MR) is 214 cm³/mol. The highest BCUT2D eigenvalue weighted by molar-refractivity contribution is 7.47. The average molecular weight is 773 g/mol. The van der Waals surface area contributed by atoms with Crippen LogP contribution < -0.4 is 0 Å². The Morgan fingerprint density at radius 1 is 0.566 bits per heavy atom. The van der Waals surface area contributed by atoms with Crippen molar-refractivity contribution in [3.63, 3.8) is 0 Å². The van der Waals surface area contributed by atoms with Gasteiger partial charge in [-0.2, -0.15) is 0 Å². The Labute approximate surface area is 322 Å². The normalized spacial score (nSPS) is 14.3. The first-order valence-corrected chi connectivity index (χ1v) is 22.4. The maximum atomic E-state index is 12.6. The third-order valence-electron chi connectivity index (χ3n) is 8.80. The Hall–Kier alpha value is -1.81. The topological polar surface area (TPSA) is 149 Å². The number of rotatable bonds is 39. The van der Waals surface area contributed by atoms with E-state index in [1.54, 1.807) is 0 Å². The lowest BCUT2D eigenvalue weighted by molar-refractivity contribution is -0.161. The van der Waals surface area contributed by atoms with Crippen molar-refractivity contribution >= 4 is 19.8 Å². The van der Waals surface area contributed by atoms with Crippen LogP contribution in [-0.2, 0) is 32.7 Å². The maximum Gasteiger partial charge on any atom is 0.472 e. The van der Waals surface area contributed by atoms with Crippen molar-refractivity contribution < 1.29 is 47.8 Å². The first-order valence-electron chi connectivity index (χ1n) is 20.9. The molecule has 3 N–H and O–H groups in total. The van der Waals surface area contributed by atoms with E-state index in [2.05, 4.69) is 54.8 Å². The van der Waals surface area contributed by atoms with Gasteiger partial charge in [0.05, 0.1) is 19.8 Å². The Kier molecular flexibility index (Phi) is 37.2. The second-order valence-electron chi connectivity index (χ2n) is 14.0. The van der Waals surface area contributed by atoms with Crippen LogP contribution in [0, 0.1) is 0 Å². The molecule has 0 spiro atoms. The SMILES string of the molecule is CCCCC/C=C/C/C=C/C/C=C/CCCCC(=O)OC[C@H](COP(=O)(O)OC[C@@H](O)CO)OC(=O)CCCCCCCCCCCCCCCCC. The van der Waals surface area contributed by atoms with Gasteiger partial charge < -0.3 is 24.6 Å². The van der Waals surface area contributed by atoms with Gasteiger partial charge in [-0.25, -0.2) is 4.57 Å². The summed E-state index contributed by atoms with van der Waals surface area (Å²) >= 11 is 0. The quantitative estimate of drug-likeness (QED) is 0.0238. The number of phosphoric acid groups is 1. The minimum absolute atomic E-state index is 0.179. The van der Waals surface area contributed by atoms with Crippen molar-refractivity contribution in [3.8, 4) is 0 Å². The number of carbonyl (C=O) groups excluding carboxylic acids is 2. The molecule has 0 bridgehead atoms. The van der Waals surface area contributed by atoms with Gasteiger partial charge >= 0.3 is 19.8 Å². The molecule has 0 rings (SSSR count). The van der Waals surface area contributed by atoms with E-state index in [1.807, 2.05) is 0 Å². The fourth-order valence-corrected chi connectivity index (χ4v) is 6.32. The van der Waals surface area contributed by atoms with Gasteiger partial charge in [-0.3, -0.25) is 18.6 Å². The second kappa shape index (κ2) is 38.5. The number of hydrogen-bond acceptors (Lipinski definition) is 9. The highest BCUT2D eigenvalue weighted by Crippen LogP contribution is 2.43. The van der Waals surface area contributed by atoms with Gasteiger partial charge in [0.15, 0.2) is 6.10 Å². The van der Waals surface area contributed by atoms with E-state index in [1.165, 1.54) is 89.9 Å². The molecule has 11 heteroatoms. The lowest BCUT2D eigenvalue weighted by Crippen LogP contribution is -2.29. The Morgan fingerprint density at radius 3 is 1.51 bits per heavy atom. The summed E-state index contributed by atoms with van der Waals surface area (Å²) in [7, 11) is -4.62. The number of phosphoric ester groups is 1. The highest BCUT2D eigenvalue weighted by atomic mass is 31.2. The van der Waals surface area contributed by atoms with Crippen LogP contribution in [0.4, 0.5) is 0 Å². The number of carbonyl (C=O) groups is 2. The van der Waals surface area contributed by atoms with E-state index in [4.69, 9.17) is 19.1 Å². The molecule has 310 valence electrons. The fourth-order valence-electron chi connectivity index (χ4n) is 5.53. The van der Waals surface area contributed by atoms with Crippen LogP contribution in [-0.4, -0.2) is 65.7 Å². The lowest BCUT2D eigenvalue weighted by atomic mass is 10.0. The third-order valence-corrected chi connectivity index (χ3v) is 9.75. The van der Waals surface area contributed by atoms with Gasteiger partial charge in [-0.15, -0.1) is 0 Å². The summed E-state index contributed by atoms with van der Waals surface area (Å²) in [4.78, 5) is 34.9. The fraction of sp³-hybridized carbons (Fsp3) is 0.810.